The van der Waals surface area contributed by atoms with Gasteiger partial charge in [-0.05, 0) is 42.7 Å². The minimum Gasteiger partial charge on any atom is -0.495 e. The highest BCUT2D eigenvalue weighted by Gasteiger charge is 2.28. The summed E-state index contributed by atoms with van der Waals surface area (Å²) in [4.78, 5) is 14.4. The molecule has 22 heavy (non-hydrogen) atoms. The van der Waals surface area contributed by atoms with Crippen LogP contribution in [0.2, 0.25) is 5.02 Å². The second-order valence-corrected chi connectivity index (χ2v) is 5.59. The van der Waals surface area contributed by atoms with Crippen molar-refractivity contribution in [3.8, 4) is 5.75 Å². The fourth-order valence-corrected chi connectivity index (χ4v) is 2.96. The number of aryl methyl sites for hydroxylation is 1. The topological polar surface area (TPSA) is 29.5 Å². The first-order valence-corrected chi connectivity index (χ1v) is 7.42. The van der Waals surface area contributed by atoms with Gasteiger partial charge in [0, 0.05) is 11.6 Å². The molecule has 1 aliphatic heterocycles. The molecule has 3 nitrogen and oxygen atoms in total. The third kappa shape index (κ3) is 2.55. The van der Waals surface area contributed by atoms with Crippen LogP contribution in [0.5, 0.6) is 5.75 Å². The molecule has 1 amide bonds. The minimum atomic E-state index is -0.573. The van der Waals surface area contributed by atoms with E-state index in [1.165, 1.54) is 18.2 Å². The summed E-state index contributed by atoms with van der Waals surface area (Å²) in [5, 5.41) is 0.335. The highest BCUT2D eigenvalue weighted by molar-refractivity contribution is 6.31. The molecule has 1 heterocycles. The van der Waals surface area contributed by atoms with Gasteiger partial charge in [-0.2, -0.15) is 0 Å². The fourth-order valence-electron chi connectivity index (χ4n) is 2.79. The van der Waals surface area contributed by atoms with Crippen molar-refractivity contribution < 1.29 is 13.9 Å². The monoisotopic (exact) mass is 319 g/mol. The predicted molar refractivity (Wildman–Crippen MR) is 84.4 cm³/mol. The number of carbonyl (C=O) groups excluding carboxylic acids is 1. The molecule has 0 saturated heterocycles. The summed E-state index contributed by atoms with van der Waals surface area (Å²) in [5.74, 6) is -0.352. The molecule has 0 spiro atoms. The molecule has 1 aliphatic rings. The highest BCUT2D eigenvalue weighted by atomic mass is 35.5. The Labute approximate surface area is 133 Å². The van der Waals surface area contributed by atoms with Gasteiger partial charge in [-0.3, -0.25) is 4.79 Å². The van der Waals surface area contributed by atoms with Crippen LogP contribution in [0.3, 0.4) is 0 Å². The molecule has 5 heteroatoms. The molecule has 2 aromatic rings. The van der Waals surface area contributed by atoms with Crippen molar-refractivity contribution in [1.29, 1.82) is 0 Å². The molecule has 2 aromatic carbocycles. The van der Waals surface area contributed by atoms with E-state index in [1.54, 1.807) is 18.1 Å². The van der Waals surface area contributed by atoms with Crippen molar-refractivity contribution in [2.24, 2.45) is 0 Å². The summed E-state index contributed by atoms with van der Waals surface area (Å²) in [6.45, 7) is 0.526. The zero-order valence-electron chi connectivity index (χ0n) is 12.1. The quantitative estimate of drug-likeness (QED) is 0.834. The molecule has 0 radical (unpaired) electrons. The largest absolute Gasteiger partial charge is 0.495 e. The van der Waals surface area contributed by atoms with Gasteiger partial charge in [0.1, 0.15) is 11.6 Å². The van der Waals surface area contributed by atoms with Gasteiger partial charge in [0.15, 0.2) is 0 Å². The number of amides is 1. The number of ether oxygens (including phenoxy) is 1. The van der Waals surface area contributed by atoms with E-state index < -0.39 is 11.7 Å². The SMILES string of the molecule is COc1cccc2c1N(C(=O)c1cc(Cl)ccc1F)CCC2. The number of rotatable bonds is 2. The lowest BCUT2D eigenvalue weighted by atomic mass is 10.00. The first kappa shape index (κ1) is 14.9. The van der Waals surface area contributed by atoms with Gasteiger partial charge < -0.3 is 9.64 Å². The predicted octanol–water partition coefficient (Wildman–Crippen LogP) is 4.08. The van der Waals surface area contributed by atoms with Crippen molar-refractivity contribution in [1.82, 2.24) is 0 Å². The van der Waals surface area contributed by atoms with Crippen LogP contribution in [0.4, 0.5) is 10.1 Å². The first-order valence-electron chi connectivity index (χ1n) is 7.04. The lowest BCUT2D eigenvalue weighted by Gasteiger charge is -2.31. The van der Waals surface area contributed by atoms with Crippen LogP contribution >= 0.6 is 11.6 Å². The second-order valence-electron chi connectivity index (χ2n) is 5.15. The lowest BCUT2D eigenvalue weighted by Crippen LogP contribution is -2.36. The number of benzene rings is 2. The molecule has 114 valence electrons. The Kier molecular flexibility index (Phi) is 4.03. The van der Waals surface area contributed by atoms with Crippen LogP contribution in [0.1, 0.15) is 22.3 Å². The third-order valence-corrected chi connectivity index (χ3v) is 4.04. The van der Waals surface area contributed by atoms with E-state index >= 15 is 0 Å². The van der Waals surface area contributed by atoms with E-state index in [0.717, 1.165) is 24.1 Å². The van der Waals surface area contributed by atoms with Crippen molar-refractivity contribution in [3.05, 3.63) is 58.4 Å². The van der Waals surface area contributed by atoms with Crippen LogP contribution < -0.4 is 9.64 Å². The number of methoxy groups -OCH3 is 1. The summed E-state index contributed by atoms with van der Waals surface area (Å²) < 4.78 is 19.4. The zero-order chi connectivity index (χ0) is 15.7. The number of hydrogen-bond acceptors (Lipinski definition) is 2. The van der Waals surface area contributed by atoms with Gasteiger partial charge in [-0.1, -0.05) is 23.7 Å². The third-order valence-electron chi connectivity index (χ3n) is 3.80. The van der Waals surface area contributed by atoms with Gasteiger partial charge in [0.05, 0.1) is 18.4 Å². The molecular weight excluding hydrogens is 305 g/mol. The maximum absolute atomic E-state index is 14.0. The highest BCUT2D eigenvalue weighted by Crippen LogP contribution is 2.37. The van der Waals surface area contributed by atoms with Gasteiger partial charge in [0.2, 0.25) is 0 Å². The Bertz CT molecular complexity index is 718. The number of para-hydroxylation sites is 1. The molecule has 0 saturated carbocycles. The molecule has 0 bridgehead atoms. The van der Waals surface area contributed by atoms with E-state index in [0.29, 0.717) is 17.3 Å². The zero-order valence-corrected chi connectivity index (χ0v) is 12.9. The van der Waals surface area contributed by atoms with Gasteiger partial charge in [-0.15, -0.1) is 0 Å². The molecule has 0 aromatic heterocycles. The van der Waals surface area contributed by atoms with Crippen molar-refractivity contribution in [2.75, 3.05) is 18.6 Å². The van der Waals surface area contributed by atoms with E-state index in [2.05, 4.69) is 0 Å². The minimum absolute atomic E-state index is 0.0220. The number of nitrogens with zero attached hydrogens (tertiary/aromatic N) is 1. The molecule has 3 rings (SSSR count). The van der Waals surface area contributed by atoms with Crippen LogP contribution in [-0.2, 0) is 6.42 Å². The molecule has 0 aliphatic carbocycles. The smallest absolute Gasteiger partial charge is 0.261 e. The Morgan fingerprint density at radius 1 is 1.32 bits per heavy atom. The average molecular weight is 320 g/mol. The Balaban J connectivity index is 2.07. The standard InChI is InChI=1S/C17H15ClFNO2/c1-22-15-6-2-4-11-5-3-9-20(16(11)15)17(21)13-10-12(18)7-8-14(13)19/h2,4,6-8,10H,3,5,9H2,1H3. The van der Waals surface area contributed by atoms with Gasteiger partial charge in [-0.25, -0.2) is 4.39 Å². The summed E-state index contributed by atoms with van der Waals surface area (Å²) in [5.41, 5.74) is 1.73. The second kappa shape index (κ2) is 5.97. The maximum atomic E-state index is 14.0. The molecule has 0 N–H and O–H groups in total. The van der Waals surface area contributed by atoms with Crippen molar-refractivity contribution in [2.45, 2.75) is 12.8 Å². The number of fused-ring (bicyclic) bond motifs is 1. The average Bonchev–Trinajstić information content (AvgIpc) is 2.55. The van der Waals surface area contributed by atoms with Crippen LogP contribution in [0.15, 0.2) is 36.4 Å². The molecule has 0 fully saturated rings. The van der Waals surface area contributed by atoms with E-state index in [1.807, 2.05) is 12.1 Å². The van der Waals surface area contributed by atoms with Gasteiger partial charge in [0.25, 0.3) is 5.91 Å². The number of anilines is 1. The summed E-state index contributed by atoms with van der Waals surface area (Å²) in [7, 11) is 1.56. The van der Waals surface area contributed by atoms with Crippen LogP contribution in [0, 0.1) is 5.82 Å². The summed E-state index contributed by atoms with van der Waals surface area (Å²) >= 11 is 5.90. The van der Waals surface area contributed by atoms with E-state index in [4.69, 9.17) is 16.3 Å². The van der Waals surface area contributed by atoms with Crippen molar-refractivity contribution in [3.63, 3.8) is 0 Å². The van der Waals surface area contributed by atoms with E-state index in [9.17, 15) is 9.18 Å². The number of carbonyl (C=O) groups is 1. The van der Waals surface area contributed by atoms with Crippen LogP contribution in [0.25, 0.3) is 0 Å². The maximum Gasteiger partial charge on any atom is 0.261 e. The fraction of sp³-hybridized carbons (Fsp3) is 0.235. The molecular formula is C17H15ClFNO2. The molecule has 0 atom stereocenters. The summed E-state index contributed by atoms with van der Waals surface area (Å²) in [6, 6.07) is 9.67. The first-order chi connectivity index (χ1) is 10.6. The Morgan fingerprint density at radius 2 is 2.14 bits per heavy atom. The van der Waals surface area contributed by atoms with E-state index in [-0.39, 0.29) is 5.56 Å². The molecule has 0 unspecified atom stereocenters. The van der Waals surface area contributed by atoms with Crippen molar-refractivity contribution >= 4 is 23.2 Å². The van der Waals surface area contributed by atoms with Gasteiger partial charge >= 0.3 is 0 Å². The Morgan fingerprint density at radius 3 is 2.91 bits per heavy atom. The van der Waals surface area contributed by atoms with Crippen LogP contribution in [-0.4, -0.2) is 19.6 Å². The Hall–Kier alpha value is -2.07. The lowest BCUT2D eigenvalue weighted by molar-refractivity contribution is 0.0980. The number of halogens is 2. The normalized spacial score (nSPS) is 13.7. The summed E-state index contributed by atoms with van der Waals surface area (Å²) in [6.07, 6.45) is 1.70. The number of hydrogen-bond donors (Lipinski definition) is 0.